The van der Waals surface area contributed by atoms with Gasteiger partial charge < -0.3 is 10.1 Å². The summed E-state index contributed by atoms with van der Waals surface area (Å²) in [4.78, 5) is 23.3. The van der Waals surface area contributed by atoms with Crippen molar-refractivity contribution in [2.75, 3.05) is 11.9 Å². The van der Waals surface area contributed by atoms with Gasteiger partial charge in [-0.3, -0.25) is 9.59 Å². The number of nitrogens with zero attached hydrogens (tertiary/aromatic N) is 6. The lowest BCUT2D eigenvalue weighted by Gasteiger charge is -2.04. The van der Waals surface area contributed by atoms with Gasteiger partial charge in [0.15, 0.2) is 5.69 Å². The third kappa shape index (κ3) is 5.42. The lowest BCUT2D eigenvalue weighted by molar-refractivity contribution is -0.141. The fourth-order valence-electron chi connectivity index (χ4n) is 2.99. The quantitative estimate of drug-likeness (QED) is 0.426. The zero-order valence-electron chi connectivity index (χ0n) is 17.4. The second-order valence-corrected chi connectivity index (χ2v) is 7.03. The van der Waals surface area contributed by atoms with Crippen molar-refractivity contribution in [2.45, 2.75) is 20.0 Å². The van der Waals surface area contributed by atoms with Gasteiger partial charge in [-0.15, -0.1) is 10.2 Å². The zero-order valence-corrected chi connectivity index (χ0v) is 17.4. The molecule has 0 atom stereocenters. The molecule has 0 fully saturated rings. The summed E-state index contributed by atoms with van der Waals surface area (Å²) in [6.45, 7) is 2.56. The Kier molecular flexibility index (Phi) is 6.30. The highest BCUT2D eigenvalue weighted by molar-refractivity contribution is 6.02. The minimum Gasteiger partial charge on any atom is -0.464 e. The van der Waals surface area contributed by atoms with Crippen LogP contribution in [-0.4, -0.2) is 48.5 Å². The molecule has 0 saturated carbocycles. The van der Waals surface area contributed by atoms with Crippen LogP contribution < -0.4 is 5.32 Å². The summed E-state index contributed by atoms with van der Waals surface area (Å²) in [5.41, 5.74) is 3.45. The predicted molar refractivity (Wildman–Crippen MR) is 116 cm³/mol. The molecule has 0 unspecified atom stereocenters. The molecular weight excluding hydrogens is 410 g/mol. The number of carbonyl (C=O) groups is 2. The van der Waals surface area contributed by atoms with E-state index in [1.54, 1.807) is 33.9 Å². The highest BCUT2D eigenvalue weighted by Gasteiger charge is 2.12. The van der Waals surface area contributed by atoms with Crippen molar-refractivity contribution in [1.29, 1.82) is 0 Å². The van der Waals surface area contributed by atoms with E-state index in [0.717, 1.165) is 11.1 Å². The number of nitrogens with one attached hydrogen (secondary N) is 1. The van der Waals surface area contributed by atoms with Gasteiger partial charge in [-0.2, -0.15) is 0 Å². The van der Waals surface area contributed by atoms with Crippen LogP contribution in [0.2, 0.25) is 0 Å². The molecular formula is C22H21N7O3. The van der Waals surface area contributed by atoms with Crippen molar-refractivity contribution in [2.24, 2.45) is 0 Å². The van der Waals surface area contributed by atoms with Crippen molar-refractivity contribution < 1.29 is 14.3 Å². The molecule has 10 nitrogen and oxygen atoms in total. The molecule has 0 saturated heterocycles. The molecule has 1 N–H and O–H groups in total. The third-order valence-corrected chi connectivity index (χ3v) is 4.56. The number of hydrogen-bond donors (Lipinski definition) is 1. The molecule has 0 aliphatic rings. The van der Waals surface area contributed by atoms with Gasteiger partial charge in [0.25, 0.3) is 5.91 Å². The van der Waals surface area contributed by atoms with Crippen molar-refractivity contribution in [3.8, 4) is 11.3 Å². The SMILES string of the molecule is CC(=O)OCCn1cc(-c2ccc(NC(=O)c3cn(Cc4ccccc4)nn3)cc2)nn1. The first-order valence-electron chi connectivity index (χ1n) is 9.96. The molecule has 0 aliphatic carbocycles. The first-order valence-corrected chi connectivity index (χ1v) is 9.96. The summed E-state index contributed by atoms with van der Waals surface area (Å²) >= 11 is 0. The van der Waals surface area contributed by atoms with Crippen molar-refractivity contribution in [1.82, 2.24) is 30.0 Å². The third-order valence-electron chi connectivity index (χ3n) is 4.56. The molecule has 0 spiro atoms. The van der Waals surface area contributed by atoms with E-state index in [-0.39, 0.29) is 24.2 Å². The van der Waals surface area contributed by atoms with Crippen LogP contribution in [0, 0.1) is 0 Å². The lowest BCUT2D eigenvalue weighted by Crippen LogP contribution is -2.12. The lowest BCUT2D eigenvalue weighted by atomic mass is 10.1. The molecule has 32 heavy (non-hydrogen) atoms. The molecule has 162 valence electrons. The summed E-state index contributed by atoms with van der Waals surface area (Å²) < 4.78 is 8.13. The van der Waals surface area contributed by atoms with Crippen LogP contribution >= 0.6 is 0 Å². The minimum atomic E-state index is -0.339. The van der Waals surface area contributed by atoms with E-state index in [4.69, 9.17) is 4.74 Å². The van der Waals surface area contributed by atoms with Crippen molar-refractivity contribution in [3.63, 3.8) is 0 Å². The molecule has 0 radical (unpaired) electrons. The van der Waals surface area contributed by atoms with Gasteiger partial charge in [0, 0.05) is 18.2 Å². The molecule has 2 heterocycles. The summed E-state index contributed by atoms with van der Waals surface area (Å²) in [5.74, 6) is -0.671. The summed E-state index contributed by atoms with van der Waals surface area (Å²) in [7, 11) is 0. The average Bonchev–Trinajstić information content (AvgIpc) is 3.45. The zero-order chi connectivity index (χ0) is 22.3. The smallest absolute Gasteiger partial charge is 0.302 e. The number of hydrogen-bond acceptors (Lipinski definition) is 7. The fourth-order valence-corrected chi connectivity index (χ4v) is 2.99. The molecule has 0 aliphatic heterocycles. The number of ether oxygens (including phenoxy) is 1. The first-order chi connectivity index (χ1) is 15.6. The van der Waals surface area contributed by atoms with Gasteiger partial charge in [0.2, 0.25) is 0 Å². The molecule has 2 aromatic carbocycles. The van der Waals surface area contributed by atoms with Crippen LogP contribution in [0.1, 0.15) is 23.0 Å². The Balaban J connectivity index is 1.34. The van der Waals surface area contributed by atoms with Crippen molar-refractivity contribution in [3.05, 3.63) is 78.2 Å². The van der Waals surface area contributed by atoms with Gasteiger partial charge in [-0.05, 0) is 17.7 Å². The highest BCUT2D eigenvalue weighted by atomic mass is 16.5. The maximum absolute atomic E-state index is 12.5. The Labute approximate surface area is 183 Å². The Bertz CT molecular complexity index is 1200. The second-order valence-electron chi connectivity index (χ2n) is 7.03. The van der Waals surface area contributed by atoms with Crippen LogP contribution in [0.25, 0.3) is 11.3 Å². The Morgan fingerprint density at radius 2 is 1.69 bits per heavy atom. The van der Waals surface area contributed by atoms with Crippen molar-refractivity contribution >= 4 is 17.6 Å². The molecule has 4 aromatic rings. The standard InChI is InChI=1S/C22H21N7O3/c1-16(30)32-12-11-28-14-20(24-26-28)18-7-9-19(10-8-18)23-22(31)21-15-29(27-25-21)13-17-5-3-2-4-6-17/h2-10,14-15H,11-13H2,1H3,(H,23,31). The number of esters is 1. The van der Waals surface area contributed by atoms with Gasteiger partial charge in [0.05, 0.1) is 25.5 Å². The van der Waals surface area contributed by atoms with Gasteiger partial charge in [-0.25, -0.2) is 9.36 Å². The maximum Gasteiger partial charge on any atom is 0.302 e. The maximum atomic E-state index is 12.5. The normalized spacial score (nSPS) is 10.7. The Morgan fingerprint density at radius 1 is 0.938 bits per heavy atom. The molecule has 10 heteroatoms. The Morgan fingerprint density at radius 3 is 2.44 bits per heavy atom. The van der Waals surface area contributed by atoms with E-state index in [2.05, 4.69) is 25.9 Å². The van der Waals surface area contributed by atoms with Crippen LogP contribution in [-0.2, 0) is 22.6 Å². The van der Waals surface area contributed by atoms with E-state index in [9.17, 15) is 9.59 Å². The average molecular weight is 431 g/mol. The minimum absolute atomic E-state index is 0.235. The Hall–Kier alpha value is -4.34. The highest BCUT2D eigenvalue weighted by Crippen LogP contribution is 2.19. The molecule has 2 aromatic heterocycles. The van der Waals surface area contributed by atoms with E-state index in [1.807, 2.05) is 42.5 Å². The van der Waals surface area contributed by atoms with Gasteiger partial charge in [-0.1, -0.05) is 52.9 Å². The monoisotopic (exact) mass is 431 g/mol. The van der Waals surface area contributed by atoms with E-state index < -0.39 is 0 Å². The van der Waals surface area contributed by atoms with Crippen LogP contribution in [0.5, 0.6) is 0 Å². The van der Waals surface area contributed by atoms with E-state index in [1.165, 1.54) is 6.92 Å². The van der Waals surface area contributed by atoms with Crippen LogP contribution in [0.15, 0.2) is 67.0 Å². The molecule has 4 rings (SSSR count). The van der Waals surface area contributed by atoms with Crippen LogP contribution in [0.4, 0.5) is 5.69 Å². The van der Waals surface area contributed by atoms with Crippen LogP contribution in [0.3, 0.4) is 0 Å². The number of amides is 1. The summed E-state index contributed by atoms with van der Waals surface area (Å²) in [5, 5.41) is 18.9. The summed E-state index contributed by atoms with van der Waals surface area (Å²) in [6.07, 6.45) is 3.38. The molecule has 1 amide bonds. The number of benzene rings is 2. The number of rotatable bonds is 8. The summed E-state index contributed by atoms with van der Waals surface area (Å²) in [6, 6.07) is 17.1. The predicted octanol–water partition coefficient (Wildman–Crippen LogP) is 2.40. The number of aromatic nitrogens is 6. The largest absolute Gasteiger partial charge is 0.464 e. The first kappa shape index (κ1) is 20.9. The topological polar surface area (TPSA) is 117 Å². The number of anilines is 1. The van der Waals surface area contributed by atoms with Gasteiger partial charge in [0.1, 0.15) is 12.3 Å². The second kappa shape index (κ2) is 9.65. The van der Waals surface area contributed by atoms with Gasteiger partial charge >= 0.3 is 5.97 Å². The number of carbonyl (C=O) groups excluding carboxylic acids is 2. The van der Waals surface area contributed by atoms with E-state index in [0.29, 0.717) is 24.5 Å². The molecule has 0 bridgehead atoms. The van der Waals surface area contributed by atoms with E-state index >= 15 is 0 Å². The fraction of sp³-hybridized carbons (Fsp3) is 0.182.